The number of aliphatic imine (C=N–C) groups is 1. The highest BCUT2D eigenvalue weighted by Gasteiger charge is 2.16. The Morgan fingerprint density at radius 2 is 2.17 bits per heavy atom. The fourth-order valence-corrected chi connectivity index (χ4v) is 3.84. The summed E-state index contributed by atoms with van der Waals surface area (Å²) in [5, 5.41) is 14.5. The highest BCUT2D eigenvalue weighted by molar-refractivity contribution is 7.16. The lowest BCUT2D eigenvalue weighted by Crippen LogP contribution is -2.19. The van der Waals surface area contributed by atoms with E-state index >= 15 is 0 Å². The number of thiazole rings is 1. The topological polar surface area (TPSA) is 82.9 Å². The summed E-state index contributed by atoms with van der Waals surface area (Å²) in [5.74, 6) is 1.32. The van der Waals surface area contributed by atoms with E-state index in [0.717, 1.165) is 17.7 Å². The quantitative estimate of drug-likeness (QED) is 0.546. The number of hydrogen-bond acceptors (Lipinski definition) is 8. The van der Waals surface area contributed by atoms with Crippen molar-refractivity contribution < 1.29 is 9.84 Å². The Balaban J connectivity index is 1.48. The van der Waals surface area contributed by atoms with Crippen LogP contribution in [0.2, 0.25) is 5.02 Å². The lowest BCUT2D eigenvalue weighted by Gasteiger charge is -2.12. The van der Waals surface area contributed by atoms with Crippen LogP contribution in [0, 0.1) is 0 Å². The summed E-state index contributed by atoms with van der Waals surface area (Å²) in [5.41, 5.74) is 2.48. The van der Waals surface area contributed by atoms with E-state index in [2.05, 4.69) is 20.3 Å². The highest BCUT2D eigenvalue weighted by Crippen LogP contribution is 2.37. The number of nitrogens with one attached hydrogen (secondary N) is 1. The summed E-state index contributed by atoms with van der Waals surface area (Å²) in [6, 6.07) is 9.24. The predicted molar refractivity (Wildman–Crippen MR) is 123 cm³/mol. The maximum absolute atomic E-state index is 10.3. The second-order valence-electron chi connectivity index (χ2n) is 6.86. The first-order valence-corrected chi connectivity index (χ1v) is 10.4. The Morgan fingerprint density at radius 1 is 1.30 bits per heavy atom. The van der Waals surface area contributed by atoms with Gasteiger partial charge in [-0.2, -0.15) is 4.98 Å². The molecule has 0 aliphatic carbocycles. The fraction of sp³-hybridized carbons (Fsp3) is 0.190. The molecule has 7 nitrogen and oxygen atoms in total. The second kappa shape index (κ2) is 8.83. The van der Waals surface area contributed by atoms with E-state index in [9.17, 15) is 5.11 Å². The molecule has 0 atom stereocenters. The van der Waals surface area contributed by atoms with Crippen molar-refractivity contribution in [1.29, 1.82) is 0 Å². The molecule has 0 radical (unpaired) electrons. The summed E-state index contributed by atoms with van der Waals surface area (Å²) >= 11 is 7.71. The minimum Gasteiger partial charge on any atom is -0.492 e. The van der Waals surface area contributed by atoms with Crippen molar-refractivity contribution in [2.75, 3.05) is 32.6 Å². The Bertz CT molecular complexity index is 1130. The maximum atomic E-state index is 10.3. The number of aromatic hydroxyl groups is 1. The molecule has 0 spiro atoms. The maximum Gasteiger partial charge on any atom is 0.231 e. The van der Waals surface area contributed by atoms with Crippen LogP contribution in [0.1, 0.15) is 10.4 Å². The highest BCUT2D eigenvalue weighted by atomic mass is 35.5. The normalized spacial score (nSPS) is 13.8. The average Bonchev–Trinajstić information content (AvgIpc) is 3.27. The molecule has 0 saturated carbocycles. The summed E-state index contributed by atoms with van der Waals surface area (Å²) in [6.45, 7) is 1.40. The van der Waals surface area contributed by atoms with Crippen molar-refractivity contribution in [3.8, 4) is 11.6 Å². The van der Waals surface area contributed by atoms with E-state index < -0.39 is 0 Å². The van der Waals surface area contributed by atoms with Gasteiger partial charge < -0.3 is 20.1 Å². The van der Waals surface area contributed by atoms with Crippen molar-refractivity contribution >= 4 is 57.4 Å². The number of allylic oxidation sites excluding steroid dienone is 1. The van der Waals surface area contributed by atoms with Gasteiger partial charge in [-0.25, -0.2) is 9.98 Å². The van der Waals surface area contributed by atoms with Gasteiger partial charge in [-0.1, -0.05) is 22.9 Å². The molecule has 30 heavy (non-hydrogen) atoms. The van der Waals surface area contributed by atoms with E-state index in [1.807, 2.05) is 49.3 Å². The number of fused-ring (bicyclic) bond motifs is 1. The number of pyridine rings is 1. The largest absolute Gasteiger partial charge is 0.492 e. The van der Waals surface area contributed by atoms with Gasteiger partial charge in [-0.15, -0.1) is 0 Å². The van der Waals surface area contributed by atoms with Crippen LogP contribution in [-0.2, 0) is 0 Å². The van der Waals surface area contributed by atoms with Crippen molar-refractivity contribution in [1.82, 2.24) is 14.9 Å². The van der Waals surface area contributed by atoms with Crippen LogP contribution >= 0.6 is 22.9 Å². The molecule has 1 aliphatic rings. The molecule has 1 aliphatic heterocycles. The van der Waals surface area contributed by atoms with E-state index in [1.54, 1.807) is 18.5 Å². The summed E-state index contributed by atoms with van der Waals surface area (Å²) in [4.78, 5) is 15.4. The van der Waals surface area contributed by atoms with Gasteiger partial charge in [0.1, 0.15) is 12.4 Å². The summed E-state index contributed by atoms with van der Waals surface area (Å²) < 4.78 is 5.70. The molecule has 154 valence electrons. The zero-order chi connectivity index (χ0) is 21.1. The first-order chi connectivity index (χ1) is 14.5. The van der Waals surface area contributed by atoms with Crippen molar-refractivity contribution in [2.45, 2.75) is 0 Å². The number of rotatable bonds is 7. The van der Waals surface area contributed by atoms with Crippen LogP contribution in [0.3, 0.4) is 0 Å². The summed E-state index contributed by atoms with van der Waals surface area (Å²) in [6.07, 6.45) is 5.28. The Kier molecular flexibility index (Phi) is 5.98. The van der Waals surface area contributed by atoms with Gasteiger partial charge in [0.05, 0.1) is 15.6 Å². The molecule has 0 amide bonds. The molecule has 2 N–H and O–H groups in total. The number of anilines is 2. The van der Waals surface area contributed by atoms with Gasteiger partial charge in [-0.05, 0) is 44.4 Å². The third-order valence-electron chi connectivity index (χ3n) is 4.33. The van der Waals surface area contributed by atoms with Crippen LogP contribution < -0.4 is 10.1 Å². The van der Waals surface area contributed by atoms with Crippen LogP contribution in [0.25, 0.3) is 11.6 Å². The number of likely N-dealkylation sites (N-methyl/N-ethyl adjacent to an activating group) is 1. The first kappa shape index (κ1) is 20.3. The van der Waals surface area contributed by atoms with Crippen LogP contribution in [-0.4, -0.2) is 53.4 Å². The van der Waals surface area contributed by atoms with Gasteiger partial charge in [0.25, 0.3) is 0 Å². The van der Waals surface area contributed by atoms with Crippen molar-refractivity contribution in [2.24, 2.45) is 4.99 Å². The Labute approximate surface area is 183 Å². The third-order valence-corrected chi connectivity index (χ3v) is 5.55. The third kappa shape index (κ3) is 4.62. The lowest BCUT2D eigenvalue weighted by molar-refractivity contribution is 0.261. The molecule has 9 heteroatoms. The van der Waals surface area contributed by atoms with Crippen LogP contribution in [0.15, 0.2) is 41.5 Å². The minimum atomic E-state index is -0.0551. The van der Waals surface area contributed by atoms with Gasteiger partial charge in [0, 0.05) is 36.2 Å². The number of nitrogens with zero attached hydrogens (tertiary/aromatic N) is 4. The zero-order valence-corrected chi connectivity index (χ0v) is 18.0. The molecular weight excluding hydrogens is 422 g/mol. The van der Waals surface area contributed by atoms with E-state index in [-0.39, 0.29) is 5.88 Å². The molecule has 2 aromatic heterocycles. The molecule has 1 aromatic carbocycles. The zero-order valence-electron chi connectivity index (χ0n) is 16.5. The molecule has 3 aromatic rings. The molecule has 0 saturated heterocycles. The fourth-order valence-electron chi connectivity index (χ4n) is 2.80. The van der Waals surface area contributed by atoms with Gasteiger partial charge >= 0.3 is 0 Å². The second-order valence-corrected chi connectivity index (χ2v) is 8.30. The smallest absolute Gasteiger partial charge is 0.231 e. The standard InChI is InChI=1S/C21H20ClN5O2S/c1-27(2)8-9-29-14-5-6-17(16(22)11-14)25-21-26-20(28)18(30-21)10-13-12-24-19-15(13)4-3-7-23-19/h3-7,10-12,28H,8-9H2,1-2H3,(H,25,26). The van der Waals surface area contributed by atoms with Crippen LogP contribution in [0.5, 0.6) is 11.6 Å². The molecular formula is C21H20ClN5O2S. The summed E-state index contributed by atoms with van der Waals surface area (Å²) in [7, 11) is 3.98. The molecule has 0 bridgehead atoms. The van der Waals surface area contributed by atoms with Gasteiger partial charge in [0.15, 0.2) is 10.9 Å². The van der Waals surface area contributed by atoms with E-state index in [4.69, 9.17) is 16.3 Å². The van der Waals surface area contributed by atoms with Gasteiger partial charge in [0.2, 0.25) is 5.88 Å². The molecule has 3 heterocycles. The SMILES string of the molecule is CN(C)CCOc1ccc(Nc2nc(O)c(C=C3C=Nc4ncccc43)s2)c(Cl)c1. The minimum absolute atomic E-state index is 0.0551. The molecule has 4 rings (SSSR count). The van der Waals surface area contributed by atoms with Crippen molar-refractivity contribution in [3.63, 3.8) is 0 Å². The monoisotopic (exact) mass is 441 g/mol. The van der Waals surface area contributed by atoms with Crippen molar-refractivity contribution in [3.05, 3.63) is 52.0 Å². The number of benzene rings is 1. The van der Waals surface area contributed by atoms with Gasteiger partial charge in [-0.3, -0.25) is 0 Å². The number of aromatic nitrogens is 2. The average molecular weight is 442 g/mol. The Hall–Kier alpha value is -2.94. The number of ether oxygens (including phenoxy) is 1. The van der Waals surface area contributed by atoms with E-state index in [1.165, 1.54) is 11.3 Å². The van der Waals surface area contributed by atoms with Crippen LogP contribution in [0.4, 0.5) is 16.6 Å². The Morgan fingerprint density at radius 3 is 2.97 bits per heavy atom. The predicted octanol–water partition coefficient (Wildman–Crippen LogP) is 4.84. The molecule has 0 fully saturated rings. The molecule has 0 unspecified atom stereocenters. The lowest BCUT2D eigenvalue weighted by atomic mass is 10.1. The first-order valence-electron chi connectivity index (χ1n) is 9.24. The number of halogens is 1. The van der Waals surface area contributed by atoms with E-state index in [0.29, 0.717) is 38.9 Å². The number of hydrogen-bond donors (Lipinski definition) is 2.